The van der Waals surface area contributed by atoms with Crippen molar-refractivity contribution in [1.29, 1.82) is 0 Å². The molecule has 108 valence electrons. The molecule has 0 spiro atoms. The van der Waals surface area contributed by atoms with Crippen molar-refractivity contribution < 1.29 is 13.9 Å². The minimum atomic E-state index is -0.286. The molecule has 0 aliphatic heterocycles. The Hall–Kier alpha value is -0.970. The molecule has 0 radical (unpaired) electrons. The summed E-state index contributed by atoms with van der Waals surface area (Å²) in [6.07, 6.45) is 1.48. The maximum absolute atomic E-state index is 13.3. The molecule has 0 amide bonds. The molecule has 0 bridgehead atoms. The maximum Gasteiger partial charge on any atom is 0.123 e. The van der Waals surface area contributed by atoms with Gasteiger partial charge in [0.1, 0.15) is 5.82 Å². The van der Waals surface area contributed by atoms with Crippen molar-refractivity contribution in [3.63, 3.8) is 0 Å². The van der Waals surface area contributed by atoms with Gasteiger partial charge in [0.05, 0.1) is 19.3 Å². The van der Waals surface area contributed by atoms with E-state index >= 15 is 0 Å². The zero-order chi connectivity index (χ0) is 14.1. The smallest absolute Gasteiger partial charge is 0.123 e. The van der Waals surface area contributed by atoms with Crippen molar-refractivity contribution in [1.82, 2.24) is 0 Å². The molecular formula is C15H24FNO2. The quantitative estimate of drug-likeness (QED) is 0.701. The average molecular weight is 269 g/mol. The van der Waals surface area contributed by atoms with E-state index in [9.17, 15) is 4.39 Å². The van der Waals surface area contributed by atoms with Crippen LogP contribution >= 0.6 is 0 Å². The van der Waals surface area contributed by atoms with Gasteiger partial charge >= 0.3 is 0 Å². The third-order valence-corrected chi connectivity index (χ3v) is 2.91. The molecule has 2 unspecified atom stereocenters. The summed E-state index contributed by atoms with van der Waals surface area (Å²) in [4.78, 5) is 0. The molecule has 1 aromatic carbocycles. The highest BCUT2D eigenvalue weighted by Crippen LogP contribution is 2.22. The van der Waals surface area contributed by atoms with E-state index in [1.54, 1.807) is 6.07 Å². The minimum absolute atomic E-state index is 0.145. The third-order valence-electron chi connectivity index (χ3n) is 2.91. The molecule has 0 saturated carbocycles. The number of halogens is 1. The van der Waals surface area contributed by atoms with Crippen LogP contribution in [0.1, 0.15) is 38.4 Å². The molecule has 4 heteroatoms. The van der Waals surface area contributed by atoms with Gasteiger partial charge < -0.3 is 15.2 Å². The fraction of sp³-hybridized carbons (Fsp3) is 0.600. The van der Waals surface area contributed by atoms with Gasteiger partial charge in [-0.15, -0.1) is 0 Å². The number of hydrogen-bond donors (Lipinski definition) is 1. The Kier molecular flexibility index (Phi) is 7.63. The second-order valence-electron chi connectivity index (χ2n) is 4.53. The molecule has 0 aromatic heterocycles. The van der Waals surface area contributed by atoms with Crippen LogP contribution in [0.2, 0.25) is 0 Å². The van der Waals surface area contributed by atoms with Crippen LogP contribution in [0.25, 0.3) is 0 Å². The van der Waals surface area contributed by atoms with E-state index in [1.807, 2.05) is 13.0 Å². The summed E-state index contributed by atoms with van der Waals surface area (Å²) in [6, 6.07) is 6.27. The van der Waals surface area contributed by atoms with E-state index in [4.69, 9.17) is 15.2 Å². The Balaban J connectivity index is 2.57. The van der Waals surface area contributed by atoms with Crippen molar-refractivity contribution in [2.45, 2.75) is 38.8 Å². The maximum atomic E-state index is 13.3. The van der Waals surface area contributed by atoms with Gasteiger partial charge in [-0.1, -0.05) is 26.0 Å². The Morgan fingerprint density at radius 2 is 2.00 bits per heavy atom. The lowest BCUT2D eigenvalue weighted by Gasteiger charge is -2.24. The number of ether oxygens (including phenoxy) is 2. The Labute approximate surface area is 114 Å². The molecule has 19 heavy (non-hydrogen) atoms. The van der Waals surface area contributed by atoms with E-state index in [-0.39, 0.29) is 18.0 Å². The fourth-order valence-electron chi connectivity index (χ4n) is 1.85. The molecule has 0 heterocycles. The predicted octanol–water partition coefficient (Wildman–Crippen LogP) is 3.05. The van der Waals surface area contributed by atoms with Crippen molar-refractivity contribution >= 4 is 0 Å². The van der Waals surface area contributed by atoms with Crippen LogP contribution in [0.5, 0.6) is 0 Å². The van der Waals surface area contributed by atoms with Crippen LogP contribution < -0.4 is 5.73 Å². The molecule has 2 N–H and O–H groups in total. The van der Waals surface area contributed by atoms with Crippen molar-refractivity contribution in [2.24, 2.45) is 5.73 Å². The second-order valence-corrected chi connectivity index (χ2v) is 4.53. The number of benzene rings is 1. The van der Waals surface area contributed by atoms with Crippen LogP contribution in [0.15, 0.2) is 24.3 Å². The summed E-state index contributed by atoms with van der Waals surface area (Å²) in [5, 5.41) is 0. The summed E-state index contributed by atoms with van der Waals surface area (Å²) >= 11 is 0. The van der Waals surface area contributed by atoms with Crippen LogP contribution in [0.4, 0.5) is 4.39 Å². The van der Waals surface area contributed by atoms with Crippen LogP contribution in [0, 0.1) is 5.82 Å². The molecule has 0 saturated heterocycles. The lowest BCUT2D eigenvalue weighted by molar-refractivity contribution is -0.00777. The van der Waals surface area contributed by atoms with Crippen molar-refractivity contribution in [3.05, 3.63) is 35.6 Å². The summed E-state index contributed by atoms with van der Waals surface area (Å²) in [6.45, 7) is 5.79. The summed E-state index contributed by atoms with van der Waals surface area (Å²) in [7, 11) is 0. The molecule has 3 nitrogen and oxygen atoms in total. The number of rotatable bonds is 9. The van der Waals surface area contributed by atoms with Gasteiger partial charge in [-0.2, -0.15) is 0 Å². The standard InChI is InChI=1S/C15H24FNO2/c1-3-8-18-9-10-19-15(14(17)4-2)12-6-5-7-13(16)11-12/h5-7,11,14-15H,3-4,8-10,17H2,1-2H3. The van der Waals surface area contributed by atoms with Crippen molar-refractivity contribution in [2.75, 3.05) is 19.8 Å². The fourth-order valence-corrected chi connectivity index (χ4v) is 1.85. The minimum Gasteiger partial charge on any atom is -0.379 e. The number of hydrogen-bond acceptors (Lipinski definition) is 3. The monoisotopic (exact) mass is 269 g/mol. The molecule has 1 aromatic rings. The molecule has 1 rings (SSSR count). The zero-order valence-corrected chi connectivity index (χ0v) is 11.8. The van der Waals surface area contributed by atoms with Gasteiger partial charge in [-0.05, 0) is 30.5 Å². The van der Waals surface area contributed by atoms with Crippen LogP contribution in [-0.2, 0) is 9.47 Å². The summed E-state index contributed by atoms with van der Waals surface area (Å²) < 4.78 is 24.4. The lowest BCUT2D eigenvalue weighted by Crippen LogP contribution is -2.30. The predicted molar refractivity (Wildman–Crippen MR) is 74.5 cm³/mol. The van der Waals surface area contributed by atoms with Gasteiger partial charge in [0.2, 0.25) is 0 Å². The highest BCUT2D eigenvalue weighted by molar-refractivity contribution is 5.20. The first-order valence-corrected chi connectivity index (χ1v) is 6.89. The average Bonchev–Trinajstić information content (AvgIpc) is 2.42. The highest BCUT2D eigenvalue weighted by atomic mass is 19.1. The summed E-state index contributed by atoms with van der Waals surface area (Å²) in [5.41, 5.74) is 6.83. The van der Waals surface area contributed by atoms with Gasteiger partial charge in [0.15, 0.2) is 0 Å². The van der Waals surface area contributed by atoms with E-state index < -0.39 is 0 Å². The van der Waals surface area contributed by atoms with Gasteiger partial charge in [0, 0.05) is 12.6 Å². The Bertz CT molecular complexity index is 360. The highest BCUT2D eigenvalue weighted by Gasteiger charge is 2.19. The van der Waals surface area contributed by atoms with E-state index in [2.05, 4.69) is 6.92 Å². The Morgan fingerprint density at radius 1 is 1.21 bits per heavy atom. The van der Waals surface area contributed by atoms with E-state index in [1.165, 1.54) is 12.1 Å². The van der Waals surface area contributed by atoms with E-state index in [0.29, 0.717) is 13.2 Å². The second kappa shape index (κ2) is 9.02. The topological polar surface area (TPSA) is 44.5 Å². The molecule has 2 atom stereocenters. The van der Waals surface area contributed by atoms with Gasteiger partial charge in [-0.3, -0.25) is 0 Å². The van der Waals surface area contributed by atoms with Crippen molar-refractivity contribution in [3.8, 4) is 0 Å². The first-order valence-electron chi connectivity index (χ1n) is 6.89. The third kappa shape index (κ3) is 5.68. The molecule has 0 aliphatic rings. The largest absolute Gasteiger partial charge is 0.379 e. The van der Waals surface area contributed by atoms with Crippen LogP contribution in [0.3, 0.4) is 0 Å². The van der Waals surface area contributed by atoms with E-state index in [0.717, 1.165) is 25.0 Å². The SMILES string of the molecule is CCCOCCOC(c1cccc(F)c1)C(N)CC. The normalized spacial score (nSPS) is 14.3. The molecular weight excluding hydrogens is 245 g/mol. The number of nitrogens with two attached hydrogens (primary N) is 1. The molecule has 0 aliphatic carbocycles. The zero-order valence-electron chi connectivity index (χ0n) is 11.8. The van der Waals surface area contributed by atoms with Crippen LogP contribution in [-0.4, -0.2) is 25.9 Å². The molecule has 0 fully saturated rings. The Morgan fingerprint density at radius 3 is 2.63 bits per heavy atom. The first-order chi connectivity index (χ1) is 9.19. The summed E-state index contributed by atoms with van der Waals surface area (Å²) in [5.74, 6) is -0.267. The van der Waals surface area contributed by atoms with Gasteiger partial charge in [-0.25, -0.2) is 4.39 Å². The first kappa shape index (κ1) is 16.1. The van der Waals surface area contributed by atoms with Gasteiger partial charge in [0.25, 0.3) is 0 Å². The lowest BCUT2D eigenvalue weighted by atomic mass is 10.0.